The number of pyridine rings is 1. The summed E-state index contributed by atoms with van der Waals surface area (Å²) in [5.74, 6) is 0.280. The minimum absolute atomic E-state index is 0.00587. The Kier molecular flexibility index (Phi) is 5.15. The van der Waals surface area contributed by atoms with Crippen molar-refractivity contribution in [2.45, 2.75) is 39.0 Å². The first-order valence-corrected chi connectivity index (χ1v) is 10.0. The lowest BCUT2D eigenvalue weighted by Gasteiger charge is -2.48. The van der Waals surface area contributed by atoms with E-state index in [4.69, 9.17) is 0 Å². The summed E-state index contributed by atoms with van der Waals surface area (Å²) >= 11 is 0. The van der Waals surface area contributed by atoms with Gasteiger partial charge in [-0.3, -0.25) is 14.6 Å². The van der Waals surface area contributed by atoms with E-state index in [1.807, 2.05) is 22.8 Å². The quantitative estimate of drug-likeness (QED) is 0.880. The monoisotopic (exact) mass is 381 g/mol. The van der Waals surface area contributed by atoms with Gasteiger partial charge in [0, 0.05) is 68.7 Å². The number of aromatic nitrogens is 3. The Balaban J connectivity index is 1.45. The van der Waals surface area contributed by atoms with Crippen molar-refractivity contribution < 1.29 is 9.59 Å². The lowest BCUT2D eigenvalue weighted by Crippen LogP contribution is -2.55. The van der Waals surface area contributed by atoms with Crippen LogP contribution in [0.1, 0.15) is 47.3 Å². The molecule has 2 aromatic heterocycles. The average molecular weight is 381 g/mol. The second-order valence-electron chi connectivity index (χ2n) is 8.16. The molecular weight excluding hydrogens is 354 g/mol. The van der Waals surface area contributed by atoms with Gasteiger partial charge in [-0.2, -0.15) is 0 Å². The van der Waals surface area contributed by atoms with Gasteiger partial charge < -0.3 is 14.8 Å². The number of carbonyl (C=O) groups is 2. The normalized spacial score (nSPS) is 22.7. The molecule has 1 spiro atoms. The first-order chi connectivity index (χ1) is 13.6. The molecule has 2 aliphatic heterocycles. The largest absolute Gasteiger partial charge is 0.348 e. The van der Waals surface area contributed by atoms with E-state index in [1.165, 1.54) is 0 Å². The fourth-order valence-electron chi connectivity index (χ4n) is 4.56. The predicted molar refractivity (Wildman–Crippen MR) is 105 cm³/mol. The number of amides is 2. The highest BCUT2D eigenvalue weighted by Crippen LogP contribution is 2.39. The summed E-state index contributed by atoms with van der Waals surface area (Å²) in [4.78, 5) is 40.8. The van der Waals surface area contributed by atoms with Crippen LogP contribution in [-0.4, -0.2) is 62.7 Å². The highest BCUT2D eigenvalue weighted by atomic mass is 16.2. The van der Waals surface area contributed by atoms with Crippen molar-refractivity contribution in [1.82, 2.24) is 24.8 Å². The van der Waals surface area contributed by atoms with E-state index in [9.17, 15) is 9.59 Å². The minimum Gasteiger partial charge on any atom is -0.348 e. The fourth-order valence-corrected chi connectivity index (χ4v) is 4.56. The molecular formula is C21H27N5O2. The first-order valence-electron chi connectivity index (χ1n) is 10.0. The molecule has 1 unspecified atom stereocenters. The second-order valence-corrected chi connectivity index (χ2v) is 8.16. The minimum atomic E-state index is 0.00587. The van der Waals surface area contributed by atoms with Crippen molar-refractivity contribution in [3.05, 3.63) is 47.8 Å². The van der Waals surface area contributed by atoms with Crippen LogP contribution in [0.25, 0.3) is 0 Å². The number of likely N-dealkylation sites (tertiary alicyclic amines) is 2. The van der Waals surface area contributed by atoms with Crippen molar-refractivity contribution >= 4 is 11.8 Å². The van der Waals surface area contributed by atoms with E-state index in [0.29, 0.717) is 25.1 Å². The Bertz CT molecular complexity index is 850. The molecule has 0 saturated carbocycles. The van der Waals surface area contributed by atoms with E-state index in [1.54, 1.807) is 24.9 Å². The number of aromatic amines is 1. The third-order valence-corrected chi connectivity index (χ3v) is 6.17. The molecule has 2 aromatic rings. The second kappa shape index (κ2) is 7.73. The highest BCUT2D eigenvalue weighted by Gasteiger charge is 2.42. The molecule has 0 bridgehead atoms. The summed E-state index contributed by atoms with van der Waals surface area (Å²) in [6, 6.07) is 1.88. The third kappa shape index (κ3) is 3.79. The number of hydrogen-bond donors (Lipinski definition) is 1. The maximum Gasteiger partial charge on any atom is 0.255 e. The van der Waals surface area contributed by atoms with Crippen LogP contribution >= 0.6 is 0 Å². The van der Waals surface area contributed by atoms with Crippen LogP contribution in [0.2, 0.25) is 0 Å². The van der Waals surface area contributed by atoms with Crippen LogP contribution in [0.3, 0.4) is 0 Å². The van der Waals surface area contributed by atoms with E-state index in [2.05, 4.69) is 15.0 Å². The summed E-state index contributed by atoms with van der Waals surface area (Å²) in [5.41, 5.74) is 2.69. The zero-order valence-electron chi connectivity index (χ0n) is 16.4. The third-order valence-electron chi connectivity index (χ3n) is 6.17. The summed E-state index contributed by atoms with van der Waals surface area (Å²) in [5, 5.41) is 0. The molecule has 28 heavy (non-hydrogen) atoms. The van der Waals surface area contributed by atoms with Crippen LogP contribution in [0.15, 0.2) is 31.0 Å². The Labute approximate surface area is 165 Å². The van der Waals surface area contributed by atoms with Gasteiger partial charge in [0.25, 0.3) is 5.91 Å². The molecule has 2 aliphatic rings. The van der Waals surface area contributed by atoms with Crippen LogP contribution in [0.5, 0.6) is 0 Å². The van der Waals surface area contributed by atoms with E-state index < -0.39 is 0 Å². The van der Waals surface area contributed by atoms with Crippen molar-refractivity contribution in [1.29, 1.82) is 0 Å². The predicted octanol–water partition coefficient (Wildman–Crippen LogP) is 2.20. The molecule has 148 valence electrons. The van der Waals surface area contributed by atoms with Crippen molar-refractivity contribution in [2.24, 2.45) is 5.41 Å². The highest BCUT2D eigenvalue weighted by molar-refractivity contribution is 5.95. The zero-order chi connectivity index (χ0) is 19.6. The smallest absolute Gasteiger partial charge is 0.255 e. The number of rotatable bonds is 4. The fraction of sp³-hybridized carbons (Fsp3) is 0.524. The molecule has 4 heterocycles. The molecule has 2 amide bonds. The van der Waals surface area contributed by atoms with Crippen molar-refractivity contribution in [3.63, 3.8) is 0 Å². The Morgan fingerprint density at radius 1 is 1.25 bits per heavy atom. The molecule has 4 rings (SSSR count). The van der Waals surface area contributed by atoms with Gasteiger partial charge in [0.05, 0.1) is 11.9 Å². The molecule has 0 aromatic carbocycles. The lowest BCUT2D eigenvalue weighted by atomic mass is 9.73. The van der Waals surface area contributed by atoms with E-state index in [-0.39, 0.29) is 17.2 Å². The van der Waals surface area contributed by atoms with Gasteiger partial charge in [0.15, 0.2) is 0 Å². The molecule has 0 radical (unpaired) electrons. The number of hydrogen-bond acceptors (Lipinski definition) is 4. The molecule has 2 fully saturated rings. The summed E-state index contributed by atoms with van der Waals surface area (Å²) < 4.78 is 0. The first kappa shape index (κ1) is 18.7. The van der Waals surface area contributed by atoms with Crippen molar-refractivity contribution in [2.75, 3.05) is 26.2 Å². The molecule has 0 aliphatic carbocycles. The Morgan fingerprint density at radius 2 is 2.14 bits per heavy atom. The van der Waals surface area contributed by atoms with Crippen LogP contribution in [0.4, 0.5) is 0 Å². The van der Waals surface area contributed by atoms with Gasteiger partial charge in [0.2, 0.25) is 5.91 Å². The number of piperidine rings is 2. The number of imidazole rings is 1. The average Bonchev–Trinajstić information content (AvgIpc) is 3.23. The van der Waals surface area contributed by atoms with Crippen LogP contribution in [0, 0.1) is 12.3 Å². The number of nitrogens with one attached hydrogen (secondary N) is 1. The van der Waals surface area contributed by atoms with Crippen LogP contribution in [-0.2, 0) is 11.2 Å². The SMILES string of the molecule is Cc1ccncc1C(=O)N1CCCC2(CCC(=O)N(CCc3cnc[nH]3)C2)C1. The van der Waals surface area contributed by atoms with Gasteiger partial charge in [-0.15, -0.1) is 0 Å². The standard InChI is InChI=1S/C21H27N5O2/c1-16-4-8-22-12-18(16)20(28)26-9-2-6-21(14-26)7-3-19(27)25(13-21)10-5-17-11-23-15-24-17/h4,8,11-12,15H,2-3,5-7,9-10,13-14H2,1H3,(H,23,24). The number of aryl methyl sites for hydroxylation is 1. The molecule has 1 N–H and O–H groups in total. The number of H-pyrrole nitrogens is 1. The number of nitrogens with zero attached hydrogens (tertiary/aromatic N) is 4. The zero-order valence-corrected chi connectivity index (χ0v) is 16.4. The van der Waals surface area contributed by atoms with E-state index >= 15 is 0 Å². The molecule has 7 heteroatoms. The lowest BCUT2D eigenvalue weighted by molar-refractivity contribution is -0.138. The van der Waals surface area contributed by atoms with E-state index in [0.717, 1.165) is 50.0 Å². The van der Waals surface area contributed by atoms with Crippen molar-refractivity contribution in [3.8, 4) is 0 Å². The molecule has 2 saturated heterocycles. The van der Waals surface area contributed by atoms with Gasteiger partial charge in [-0.25, -0.2) is 4.98 Å². The Morgan fingerprint density at radius 3 is 2.93 bits per heavy atom. The van der Waals surface area contributed by atoms with Gasteiger partial charge in [0.1, 0.15) is 0 Å². The summed E-state index contributed by atoms with van der Waals surface area (Å²) in [7, 11) is 0. The van der Waals surface area contributed by atoms with Gasteiger partial charge in [-0.05, 0) is 37.8 Å². The maximum absolute atomic E-state index is 13.1. The number of carbonyl (C=O) groups excluding carboxylic acids is 2. The summed E-state index contributed by atoms with van der Waals surface area (Å²) in [6.07, 6.45) is 11.1. The topological polar surface area (TPSA) is 82.2 Å². The summed E-state index contributed by atoms with van der Waals surface area (Å²) in [6.45, 7) is 4.87. The molecule has 1 atom stereocenters. The Hall–Kier alpha value is -2.70. The molecule has 7 nitrogen and oxygen atoms in total. The van der Waals surface area contributed by atoms with Gasteiger partial charge >= 0.3 is 0 Å². The van der Waals surface area contributed by atoms with Gasteiger partial charge in [-0.1, -0.05) is 0 Å². The van der Waals surface area contributed by atoms with Crippen LogP contribution < -0.4 is 0 Å². The maximum atomic E-state index is 13.1.